The summed E-state index contributed by atoms with van der Waals surface area (Å²) in [4.78, 5) is 2.72. The summed E-state index contributed by atoms with van der Waals surface area (Å²) in [6.45, 7) is 2.72. The molecule has 2 unspecified atom stereocenters. The van der Waals surface area contributed by atoms with Gasteiger partial charge in [0.25, 0.3) is 0 Å². The van der Waals surface area contributed by atoms with Gasteiger partial charge in [0.2, 0.25) is 0 Å². The standard InChI is InChI=1S/C13H24N2S/c1-2-13-10-12(3-7-15(13)6-1)14-11-4-8-16-9-5-11/h11-14H,1-10H2. The van der Waals surface area contributed by atoms with Gasteiger partial charge < -0.3 is 10.2 Å². The third kappa shape index (κ3) is 2.57. The Morgan fingerprint density at radius 3 is 2.69 bits per heavy atom. The number of fused-ring (bicyclic) bond motifs is 1. The van der Waals surface area contributed by atoms with Crippen molar-refractivity contribution in [2.45, 2.75) is 56.7 Å². The number of nitrogens with zero attached hydrogens (tertiary/aromatic N) is 1. The van der Waals surface area contributed by atoms with Crippen LogP contribution in [0.5, 0.6) is 0 Å². The summed E-state index contributed by atoms with van der Waals surface area (Å²) in [5.41, 5.74) is 0. The predicted molar refractivity (Wildman–Crippen MR) is 71.1 cm³/mol. The van der Waals surface area contributed by atoms with Gasteiger partial charge in [-0.1, -0.05) is 0 Å². The number of hydrogen-bond donors (Lipinski definition) is 1. The summed E-state index contributed by atoms with van der Waals surface area (Å²) in [6.07, 6.45) is 8.50. The molecule has 3 heteroatoms. The Morgan fingerprint density at radius 1 is 0.938 bits per heavy atom. The maximum absolute atomic E-state index is 3.93. The van der Waals surface area contributed by atoms with E-state index < -0.39 is 0 Å². The number of hydrogen-bond acceptors (Lipinski definition) is 3. The van der Waals surface area contributed by atoms with Gasteiger partial charge in [-0.15, -0.1) is 0 Å². The Kier molecular flexibility index (Phi) is 3.75. The van der Waals surface area contributed by atoms with Crippen LogP contribution in [0, 0.1) is 0 Å². The van der Waals surface area contributed by atoms with Crippen molar-refractivity contribution in [3.05, 3.63) is 0 Å². The molecule has 0 aromatic heterocycles. The monoisotopic (exact) mass is 240 g/mol. The Morgan fingerprint density at radius 2 is 1.81 bits per heavy atom. The maximum atomic E-state index is 3.93. The summed E-state index contributed by atoms with van der Waals surface area (Å²) < 4.78 is 0. The Balaban J connectivity index is 1.48. The number of thioether (sulfide) groups is 1. The lowest BCUT2D eigenvalue weighted by molar-refractivity contribution is 0.159. The highest BCUT2D eigenvalue weighted by atomic mass is 32.2. The lowest BCUT2D eigenvalue weighted by atomic mass is 9.96. The first-order chi connectivity index (χ1) is 7.92. The fourth-order valence-corrected chi connectivity index (χ4v) is 4.68. The van der Waals surface area contributed by atoms with Crippen LogP contribution in [0.4, 0.5) is 0 Å². The molecule has 2 atom stereocenters. The molecule has 3 heterocycles. The van der Waals surface area contributed by atoms with E-state index in [1.165, 1.54) is 63.1 Å². The largest absolute Gasteiger partial charge is 0.311 e. The van der Waals surface area contributed by atoms with Crippen molar-refractivity contribution in [2.75, 3.05) is 24.6 Å². The van der Waals surface area contributed by atoms with Gasteiger partial charge in [0.1, 0.15) is 0 Å². The predicted octanol–water partition coefficient (Wildman–Crippen LogP) is 2.10. The molecule has 0 aromatic rings. The zero-order valence-electron chi connectivity index (χ0n) is 10.2. The van der Waals surface area contributed by atoms with Crippen LogP contribution in [0.25, 0.3) is 0 Å². The molecule has 16 heavy (non-hydrogen) atoms. The quantitative estimate of drug-likeness (QED) is 0.796. The lowest BCUT2D eigenvalue weighted by Crippen LogP contribution is -2.49. The fourth-order valence-electron chi connectivity index (χ4n) is 3.57. The molecule has 3 rings (SSSR count). The maximum Gasteiger partial charge on any atom is 0.0111 e. The molecule has 0 saturated carbocycles. The molecule has 3 fully saturated rings. The molecule has 0 aromatic carbocycles. The second kappa shape index (κ2) is 5.28. The van der Waals surface area contributed by atoms with Crippen LogP contribution in [-0.2, 0) is 0 Å². The van der Waals surface area contributed by atoms with Crippen molar-refractivity contribution in [1.29, 1.82) is 0 Å². The third-order valence-electron chi connectivity index (χ3n) is 4.51. The first kappa shape index (κ1) is 11.4. The average Bonchev–Trinajstić information content (AvgIpc) is 2.77. The molecular formula is C13H24N2S. The van der Waals surface area contributed by atoms with Gasteiger partial charge in [-0.2, -0.15) is 11.8 Å². The van der Waals surface area contributed by atoms with E-state index in [9.17, 15) is 0 Å². The molecule has 3 aliphatic heterocycles. The highest BCUT2D eigenvalue weighted by Gasteiger charge is 2.32. The minimum atomic E-state index is 0.826. The zero-order chi connectivity index (χ0) is 10.8. The van der Waals surface area contributed by atoms with Crippen molar-refractivity contribution in [2.24, 2.45) is 0 Å². The molecule has 0 amide bonds. The highest BCUT2D eigenvalue weighted by Crippen LogP contribution is 2.28. The summed E-state index contributed by atoms with van der Waals surface area (Å²) in [6, 6.07) is 2.58. The van der Waals surface area contributed by atoms with E-state index in [0.717, 1.165) is 18.1 Å². The molecule has 0 radical (unpaired) electrons. The van der Waals surface area contributed by atoms with E-state index in [0.29, 0.717) is 0 Å². The van der Waals surface area contributed by atoms with E-state index in [4.69, 9.17) is 0 Å². The Hall–Kier alpha value is 0.270. The summed E-state index contributed by atoms with van der Waals surface area (Å²) in [5, 5.41) is 3.93. The molecule has 2 nitrogen and oxygen atoms in total. The first-order valence-corrected chi connectivity index (χ1v) is 8.15. The third-order valence-corrected chi connectivity index (χ3v) is 5.56. The van der Waals surface area contributed by atoms with Crippen LogP contribution < -0.4 is 5.32 Å². The second-order valence-electron chi connectivity index (χ2n) is 5.61. The van der Waals surface area contributed by atoms with Crippen LogP contribution in [-0.4, -0.2) is 47.6 Å². The lowest BCUT2D eigenvalue weighted by Gasteiger charge is -2.37. The molecule has 0 bridgehead atoms. The van der Waals surface area contributed by atoms with E-state index >= 15 is 0 Å². The van der Waals surface area contributed by atoms with Crippen LogP contribution in [0.15, 0.2) is 0 Å². The number of piperidine rings is 1. The van der Waals surface area contributed by atoms with Gasteiger partial charge >= 0.3 is 0 Å². The SMILES string of the molecule is C1CC2CC(NC3CCSCC3)CCN2C1. The van der Waals surface area contributed by atoms with Gasteiger partial charge in [-0.25, -0.2) is 0 Å². The summed E-state index contributed by atoms with van der Waals surface area (Å²) in [5.74, 6) is 2.75. The summed E-state index contributed by atoms with van der Waals surface area (Å²) >= 11 is 2.13. The van der Waals surface area contributed by atoms with E-state index in [-0.39, 0.29) is 0 Å². The molecule has 0 spiro atoms. The zero-order valence-corrected chi connectivity index (χ0v) is 11.0. The summed E-state index contributed by atoms with van der Waals surface area (Å²) in [7, 11) is 0. The van der Waals surface area contributed by atoms with Crippen molar-refractivity contribution < 1.29 is 0 Å². The molecule has 0 aliphatic carbocycles. The highest BCUT2D eigenvalue weighted by molar-refractivity contribution is 7.99. The first-order valence-electron chi connectivity index (χ1n) is 6.99. The minimum absolute atomic E-state index is 0.826. The van der Waals surface area contributed by atoms with Gasteiger partial charge in [0.15, 0.2) is 0 Å². The van der Waals surface area contributed by atoms with Crippen molar-refractivity contribution >= 4 is 11.8 Å². The topological polar surface area (TPSA) is 15.3 Å². The van der Waals surface area contributed by atoms with Gasteiger partial charge in [0, 0.05) is 18.1 Å². The van der Waals surface area contributed by atoms with E-state index in [1.54, 1.807) is 0 Å². The van der Waals surface area contributed by atoms with Crippen molar-refractivity contribution in [3.63, 3.8) is 0 Å². The fraction of sp³-hybridized carbons (Fsp3) is 1.00. The van der Waals surface area contributed by atoms with E-state index in [2.05, 4.69) is 22.0 Å². The molecule has 92 valence electrons. The minimum Gasteiger partial charge on any atom is -0.311 e. The second-order valence-corrected chi connectivity index (χ2v) is 6.83. The normalized spacial score (nSPS) is 37.5. The molecule has 1 N–H and O–H groups in total. The average molecular weight is 240 g/mol. The number of rotatable bonds is 2. The van der Waals surface area contributed by atoms with Crippen LogP contribution in [0.2, 0.25) is 0 Å². The van der Waals surface area contributed by atoms with Crippen molar-refractivity contribution in [3.8, 4) is 0 Å². The van der Waals surface area contributed by atoms with Gasteiger partial charge in [-0.3, -0.25) is 0 Å². The van der Waals surface area contributed by atoms with Gasteiger partial charge in [0.05, 0.1) is 0 Å². The van der Waals surface area contributed by atoms with Crippen LogP contribution in [0.1, 0.15) is 38.5 Å². The van der Waals surface area contributed by atoms with Gasteiger partial charge in [-0.05, 0) is 63.1 Å². The smallest absolute Gasteiger partial charge is 0.0111 e. The Labute approximate surface area is 104 Å². The Bertz CT molecular complexity index is 228. The molecule has 3 aliphatic rings. The number of nitrogens with one attached hydrogen (secondary N) is 1. The molecule has 3 saturated heterocycles. The van der Waals surface area contributed by atoms with Crippen LogP contribution in [0.3, 0.4) is 0 Å². The van der Waals surface area contributed by atoms with Crippen LogP contribution >= 0.6 is 11.8 Å². The molecular weight excluding hydrogens is 216 g/mol. The van der Waals surface area contributed by atoms with Crippen molar-refractivity contribution in [1.82, 2.24) is 10.2 Å². The van der Waals surface area contributed by atoms with E-state index in [1.807, 2.05) is 0 Å².